The third-order valence-electron chi connectivity index (χ3n) is 5.31. The highest BCUT2D eigenvalue weighted by Gasteiger charge is 2.27. The molecular weight excluding hydrogens is 390 g/mol. The molecule has 0 spiro atoms. The number of phenols is 1. The van der Waals surface area contributed by atoms with E-state index in [9.17, 15) is 19.8 Å². The molecule has 0 aliphatic heterocycles. The van der Waals surface area contributed by atoms with Gasteiger partial charge in [-0.25, -0.2) is 4.79 Å². The smallest absolute Gasteiger partial charge is 0.333 e. The van der Waals surface area contributed by atoms with E-state index in [0.29, 0.717) is 6.42 Å². The molecule has 0 heterocycles. The third-order valence-corrected chi connectivity index (χ3v) is 5.31. The van der Waals surface area contributed by atoms with E-state index >= 15 is 0 Å². The molecule has 5 heteroatoms. The molecule has 1 amide bonds. The predicted molar refractivity (Wildman–Crippen MR) is 120 cm³/mol. The maximum atomic E-state index is 13.0. The molecule has 31 heavy (non-hydrogen) atoms. The van der Waals surface area contributed by atoms with Gasteiger partial charge in [-0.15, -0.1) is 0 Å². The Morgan fingerprint density at radius 3 is 2.10 bits per heavy atom. The number of hydrogen-bond donors (Lipinski definition) is 3. The lowest BCUT2D eigenvalue weighted by Gasteiger charge is -2.24. The molecule has 4 rings (SSSR count). The van der Waals surface area contributed by atoms with Crippen LogP contribution in [0.5, 0.6) is 5.75 Å². The molecule has 1 unspecified atom stereocenters. The van der Waals surface area contributed by atoms with Gasteiger partial charge >= 0.3 is 5.97 Å². The number of carboxylic acids is 1. The molecule has 1 aliphatic carbocycles. The van der Waals surface area contributed by atoms with Crippen LogP contribution in [0.25, 0.3) is 16.7 Å². The minimum absolute atomic E-state index is 0.0990. The lowest BCUT2D eigenvalue weighted by atomic mass is 9.89. The summed E-state index contributed by atoms with van der Waals surface area (Å²) in [5.41, 5.74) is 3.80. The van der Waals surface area contributed by atoms with Crippen LogP contribution in [0.3, 0.4) is 0 Å². The van der Waals surface area contributed by atoms with Gasteiger partial charge in [-0.05, 0) is 46.9 Å². The highest BCUT2D eigenvalue weighted by atomic mass is 16.4. The van der Waals surface area contributed by atoms with E-state index in [4.69, 9.17) is 0 Å². The van der Waals surface area contributed by atoms with Gasteiger partial charge in [0.15, 0.2) is 0 Å². The Morgan fingerprint density at radius 2 is 1.45 bits per heavy atom. The summed E-state index contributed by atoms with van der Waals surface area (Å²) in [6.45, 7) is 0. The second kappa shape index (κ2) is 8.71. The van der Waals surface area contributed by atoms with Gasteiger partial charge in [0, 0.05) is 0 Å². The predicted octanol–water partition coefficient (Wildman–Crippen LogP) is 4.66. The molecule has 0 saturated carbocycles. The number of carbonyl (C=O) groups excluding carboxylic acids is 1. The van der Waals surface area contributed by atoms with Crippen LogP contribution in [-0.2, 0) is 4.79 Å². The van der Waals surface area contributed by atoms with E-state index in [1.165, 1.54) is 12.1 Å². The first-order chi connectivity index (χ1) is 15.0. The average Bonchev–Trinajstić information content (AvgIpc) is 2.80. The van der Waals surface area contributed by atoms with Crippen LogP contribution in [-0.4, -0.2) is 28.1 Å². The van der Waals surface area contributed by atoms with Crippen molar-refractivity contribution in [3.63, 3.8) is 0 Å². The van der Waals surface area contributed by atoms with Crippen molar-refractivity contribution in [2.24, 2.45) is 0 Å². The van der Waals surface area contributed by atoms with E-state index in [1.54, 1.807) is 18.2 Å². The van der Waals surface area contributed by atoms with Crippen molar-refractivity contribution in [3.8, 4) is 16.9 Å². The number of hydrogen-bond acceptors (Lipinski definition) is 3. The van der Waals surface area contributed by atoms with Gasteiger partial charge in [0.05, 0.1) is 17.2 Å². The van der Waals surface area contributed by atoms with Crippen LogP contribution in [0, 0.1) is 0 Å². The number of amides is 1. The number of benzene rings is 3. The Bertz CT molecular complexity index is 1180. The van der Waals surface area contributed by atoms with Crippen LogP contribution in [0.1, 0.15) is 22.3 Å². The molecule has 154 valence electrons. The summed E-state index contributed by atoms with van der Waals surface area (Å²) in [5.74, 6) is -1.77. The van der Waals surface area contributed by atoms with Crippen molar-refractivity contribution >= 4 is 17.4 Å². The zero-order valence-electron chi connectivity index (χ0n) is 16.7. The Labute approximate surface area is 180 Å². The fraction of sp³-hybridized carbons (Fsp3) is 0.0769. The maximum absolute atomic E-state index is 13.0. The lowest BCUT2D eigenvalue weighted by Crippen LogP contribution is -2.39. The number of allylic oxidation sites excluding steroid dienone is 2. The van der Waals surface area contributed by atoms with E-state index in [0.717, 1.165) is 22.3 Å². The van der Waals surface area contributed by atoms with Gasteiger partial charge in [0.25, 0.3) is 5.91 Å². The molecule has 1 atom stereocenters. The van der Waals surface area contributed by atoms with E-state index in [2.05, 4.69) is 5.32 Å². The lowest BCUT2D eigenvalue weighted by molar-refractivity contribution is -0.133. The fourth-order valence-electron chi connectivity index (χ4n) is 3.68. The first-order valence-electron chi connectivity index (χ1n) is 9.91. The minimum Gasteiger partial charge on any atom is -0.507 e. The highest BCUT2D eigenvalue weighted by Crippen LogP contribution is 2.29. The standard InChI is InChI=1S/C26H21NO4/c28-24-14-12-19(17-7-3-1-4-8-17)15-22(24)25(29)27-23-16-20(11-13-21(23)26(30)31)18-9-5-2-6-10-18/h1-15,23,28H,16H2,(H,27,29)(H,30,31). The van der Waals surface area contributed by atoms with Crippen LogP contribution in [0.2, 0.25) is 0 Å². The van der Waals surface area contributed by atoms with E-state index in [1.807, 2.05) is 60.7 Å². The summed E-state index contributed by atoms with van der Waals surface area (Å²) in [6, 6.07) is 23.2. The Balaban J connectivity index is 1.61. The van der Waals surface area contributed by atoms with E-state index < -0.39 is 17.9 Å². The summed E-state index contributed by atoms with van der Waals surface area (Å²) in [4.78, 5) is 24.8. The third kappa shape index (κ3) is 4.41. The molecule has 0 fully saturated rings. The molecule has 3 N–H and O–H groups in total. The highest BCUT2D eigenvalue weighted by molar-refractivity contribution is 6.00. The van der Waals surface area contributed by atoms with Crippen molar-refractivity contribution in [2.75, 3.05) is 0 Å². The van der Waals surface area contributed by atoms with Gasteiger partial charge in [-0.3, -0.25) is 4.79 Å². The minimum atomic E-state index is -1.09. The zero-order valence-corrected chi connectivity index (χ0v) is 16.7. The van der Waals surface area contributed by atoms with Gasteiger partial charge in [0.2, 0.25) is 0 Å². The monoisotopic (exact) mass is 411 g/mol. The molecule has 0 radical (unpaired) electrons. The Hall–Kier alpha value is -4.12. The second-order valence-corrected chi connectivity index (χ2v) is 7.31. The number of rotatable bonds is 5. The van der Waals surface area contributed by atoms with E-state index in [-0.39, 0.29) is 16.9 Å². The van der Waals surface area contributed by atoms with Crippen LogP contribution in [0.15, 0.2) is 96.6 Å². The van der Waals surface area contributed by atoms with Crippen molar-refractivity contribution in [1.29, 1.82) is 0 Å². The first-order valence-corrected chi connectivity index (χ1v) is 9.91. The SMILES string of the molecule is O=C(O)C1=CC=C(c2ccccc2)CC1NC(=O)c1cc(-c2ccccc2)ccc1O. The molecular formula is C26H21NO4. The molecule has 0 aromatic heterocycles. The molecule has 1 aliphatic rings. The van der Waals surface area contributed by atoms with Crippen molar-refractivity contribution in [2.45, 2.75) is 12.5 Å². The van der Waals surface area contributed by atoms with Crippen molar-refractivity contribution in [1.82, 2.24) is 5.32 Å². The summed E-state index contributed by atoms with van der Waals surface area (Å²) in [5, 5.41) is 22.7. The summed E-state index contributed by atoms with van der Waals surface area (Å²) in [6.07, 6.45) is 3.64. The normalized spacial score (nSPS) is 15.5. The molecule has 0 saturated heterocycles. The Morgan fingerprint density at radius 1 is 0.806 bits per heavy atom. The van der Waals surface area contributed by atoms with Crippen LogP contribution in [0.4, 0.5) is 0 Å². The van der Waals surface area contributed by atoms with Gasteiger partial charge in [-0.2, -0.15) is 0 Å². The number of carboxylic acid groups (broad SMARTS) is 1. The van der Waals surface area contributed by atoms with Gasteiger partial charge < -0.3 is 15.5 Å². The zero-order chi connectivity index (χ0) is 21.8. The Kier molecular flexibility index (Phi) is 5.67. The summed E-state index contributed by atoms with van der Waals surface area (Å²) < 4.78 is 0. The second-order valence-electron chi connectivity index (χ2n) is 7.31. The fourth-order valence-corrected chi connectivity index (χ4v) is 3.68. The van der Waals surface area contributed by atoms with Crippen molar-refractivity contribution < 1.29 is 19.8 Å². The first kappa shape index (κ1) is 20.2. The average molecular weight is 411 g/mol. The quantitative estimate of drug-likeness (QED) is 0.570. The summed E-state index contributed by atoms with van der Waals surface area (Å²) >= 11 is 0. The molecule has 5 nitrogen and oxygen atoms in total. The van der Waals surface area contributed by atoms with Crippen molar-refractivity contribution in [3.05, 3.63) is 108 Å². The number of carbonyl (C=O) groups is 2. The molecule has 3 aromatic rings. The maximum Gasteiger partial charge on any atom is 0.333 e. The van der Waals surface area contributed by atoms with Gasteiger partial charge in [-0.1, -0.05) is 72.8 Å². The van der Waals surface area contributed by atoms with Crippen LogP contribution < -0.4 is 5.32 Å². The van der Waals surface area contributed by atoms with Crippen LogP contribution >= 0.6 is 0 Å². The number of aromatic hydroxyl groups is 1. The molecule has 3 aromatic carbocycles. The van der Waals surface area contributed by atoms with Gasteiger partial charge in [0.1, 0.15) is 5.75 Å². The number of nitrogens with one attached hydrogen (secondary N) is 1. The summed E-state index contributed by atoms with van der Waals surface area (Å²) in [7, 11) is 0. The number of aliphatic carboxylic acids is 1. The topological polar surface area (TPSA) is 86.6 Å². The molecule has 0 bridgehead atoms. The number of phenolic OH excluding ortho intramolecular Hbond substituents is 1. The largest absolute Gasteiger partial charge is 0.507 e.